The Hall–Kier alpha value is -1.62. The van der Waals surface area contributed by atoms with E-state index in [1.165, 1.54) is 18.2 Å². The number of amides is 1. The monoisotopic (exact) mass is 224 g/mol. The molecule has 1 aliphatic rings. The van der Waals surface area contributed by atoms with Gasteiger partial charge in [-0.15, -0.1) is 0 Å². The summed E-state index contributed by atoms with van der Waals surface area (Å²) in [5.74, 6) is -0.172. The van der Waals surface area contributed by atoms with Crippen LogP contribution in [0.25, 0.3) is 0 Å². The highest BCUT2D eigenvalue weighted by Gasteiger charge is 2.17. The topological polar surface area (TPSA) is 41.6 Å². The molecule has 0 bridgehead atoms. The Morgan fingerprint density at radius 2 is 2.12 bits per heavy atom. The van der Waals surface area contributed by atoms with Gasteiger partial charge in [0.15, 0.2) is 0 Å². The maximum atomic E-state index is 12.8. The van der Waals surface area contributed by atoms with Crippen molar-refractivity contribution in [1.29, 1.82) is 0 Å². The molecule has 0 radical (unpaired) electrons. The molecular weight excluding hydrogens is 211 g/mol. The highest BCUT2D eigenvalue weighted by Crippen LogP contribution is 2.13. The van der Waals surface area contributed by atoms with Crippen LogP contribution in [0.15, 0.2) is 24.3 Å². The van der Waals surface area contributed by atoms with Crippen molar-refractivity contribution < 1.29 is 13.9 Å². The predicted molar refractivity (Wildman–Crippen MR) is 56.9 cm³/mol. The second kappa shape index (κ2) is 4.94. The number of carbonyl (C=O) groups is 1. The van der Waals surface area contributed by atoms with Gasteiger partial charge in [0.2, 0.25) is 0 Å². The van der Waals surface area contributed by atoms with Crippen LogP contribution in [-0.2, 0) is 0 Å². The Labute approximate surface area is 93.0 Å². The Bertz CT molecular complexity index is 378. The summed E-state index contributed by atoms with van der Waals surface area (Å²) in [7, 11) is 0. The minimum absolute atomic E-state index is 0.239. The second-order valence-corrected chi connectivity index (χ2v) is 3.56. The minimum Gasteiger partial charge on any atom is -0.410 e. The Morgan fingerprint density at radius 1 is 1.38 bits per heavy atom. The molecule has 2 rings (SSSR count). The summed E-state index contributed by atoms with van der Waals surface area (Å²) < 4.78 is 17.9. The molecule has 1 aromatic rings. The van der Waals surface area contributed by atoms with Gasteiger partial charge in [-0.25, -0.2) is 9.18 Å². The van der Waals surface area contributed by atoms with Gasteiger partial charge >= 0.3 is 6.09 Å². The van der Waals surface area contributed by atoms with Crippen LogP contribution in [0, 0.1) is 5.82 Å². The maximum absolute atomic E-state index is 12.8. The molecule has 1 aromatic carbocycles. The second-order valence-electron chi connectivity index (χ2n) is 3.56. The predicted octanol–water partition coefficient (Wildman–Crippen LogP) is 1.23. The van der Waals surface area contributed by atoms with Gasteiger partial charge in [-0.05, 0) is 12.1 Å². The lowest BCUT2D eigenvalue weighted by atomic mass is 10.3. The maximum Gasteiger partial charge on any atom is 0.415 e. The number of halogens is 1. The summed E-state index contributed by atoms with van der Waals surface area (Å²) in [5, 5.41) is 3.13. The number of piperazine rings is 1. The molecule has 1 fully saturated rings. The van der Waals surface area contributed by atoms with E-state index in [1.54, 1.807) is 11.0 Å². The number of carbonyl (C=O) groups excluding carboxylic acids is 1. The van der Waals surface area contributed by atoms with E-state index in [-0.39, 0.29) is 5.75 Å². The summed E-state index contributed by atoms with van der Waals surface area (Å²) in [6.07, 6.45) is -0.424. The van der Waals surface area contributed by atoms with E-state index < -0.39 is 11.9 Å². The number of hydrogen-bond acceptors (Lipinski definition) is 3. The van der Waals surface area contributed by atoms with E-state index in [0.29, 0.717) is 13.1 Å². The van der Waals surface area contributed by atoms with E-state index in [9.17, 15) is 9.18 Å². The molecule has 1 saturated heterocycles. The van der Waals surface area contributed by atoms with Crippen molar-refractivity contribution >= 4 is 6.09 Å². The van der Waals surface area contributed by atoms with Gasteiger partial charge < -0.3 is 15.0 Å². The summed E-state index contributed by atoms with van der Waals surface area (Å²) in [6, 6.07) is 5.57. The van der Waals surface area contributed by atoms with Gasteiger partial charge in [-0.1, -0.05) is 6.07 Å². The van der Waals surface area contributed by atoms with Crippen LogP contribution in [0.4, 0.5) is 9.18 Å². The van der Waals surface area contributed by atoms with Crippen LogP contribution >= 0.6 is 0 Å². The van der Waals surface area contributed by atoms with Gasteiger partial charge in [-0.2, -0.15) is 0 Å². The summed E-state index contributed by atoms with van der Waals surface area (Å²) in [5.41, 5.74) is 0. The Kier molecular flexibility index (Phi) is 3.36. The number of rotatable bonds is 1. The molecule has 5 heteroatoms. The average molecular weight is 224 g/mol. The Balaban J connectivity index is 1.96. The SMILES string of the molecule is O=C(Oc1cccc(F)c1)N1CCNCC1. The fourth-order valence-electron chi connectivity index (χ4n) is 1.54. The third-order valence-electron chi connectivity index (χ3n) is 2.38. The largest absolute Gasteiger partial charge is 0.415 e. The first-order chi connectivity index (χ1) is 7.75. The third kappa shape index (κ3) is 2.70. The summed E-state index contributed by atoms with van der Waals surface area (Å²) in [4.78, 5) is 13.2. The van der Waals surface area contributed by atoms with Crippen molar-refractivity contribution in [3.63, 3.8) is 0 Å². The number of nitrogens with one attached hydrogen (secondary N) is 1. The lowest BCUT2D eigenvalue weighted by molar-refractivity contribution is 0.145. The molecule has 1 N–H and O–H groups in total. The van der Waals surface area contributed by atoms with Crippen LogP contribution < -0.4 is 10.1 Å². The van der Waals surface area contributed by atoms with Crippen molar-refractivity contribution in [3.8, 4) is 5.75 Å². The van der Waals surface area contributed by atoms with Crippen LogP contribution in [0.2, 0.25) is 0 Å². The van der Waals surface area contributed by atoms with Crippen molar-refractivity contribution in [2.75, 3.05) is 26.2 Å². The van der Waals surface area contributed by atoms with E-state index >= 15 is 0 Å². The van der Waals surface area contributed by atoms with Gasteiger partial charge in [0, 0.05) is 32.2 Å². The fraction of sp³-hybridized carbons (Fsp3) is 0.364. The highest BCUT2D eigenvalue weighted by molar-refractivity contribution is 5.70. The molecule has 0 aromatic heterocycles. The van der Waals surface area contributed by atoms with Gasteiger partial charge in [0.25, 0.3) is 0 Å². The zero-order chi connectivity index (χ0) is 11.4. The Morgan fingerprint density at radius 3 is 2.81 bits per heavy atom. The standard InChI is InChI=1S/C11H13FN2O2/c12-9-2-1-3-10(8-9)16-11(15)14-6-4-13-5-7-14/h1-3,8,13H,4-7H2. The van der Waals surface area contributed by atoms with E-state index in [0.717, 1.165) is 13.1 Å². The molecular formula is C11H13FN2O2. The average Bonchev–Trinajstić information content (AvgIpc) is 2.30. The number of benzene rings is 1. The lowest BCUT2D eigenvalue weighted by Gasteiger charge is -2.26. The molecule has 1 aliphatic heterocycles. The molecule has 1 heterocycles. The summed E-state index contributed by atoms with van der Waals surface area (Å²) in [6.45, 7) is 2.76. The molecule has 0 atom stereocenters. The van der Waals surface area contributed by atoms with Crippen molar-refractivity contribution in [3.05, 3.63) is 30.1 Å². The van der Waals surface area contributed by atoms with Gasteiger partial charge in [0.1, 0.15) is 11.6 Å². The number of nitrogens with zero attached hydrogens (tertiary/aromatic N) is 1. The van der Waals surface area contributed by atoms with Gasteiger partial charge in [-0.3, -0.25) is 0 Å². The zero-order valence-electron chi connectivity index (χ0n) is 8.78. The van der Waals surface area contributed by atoms with Crippen molar-refractivity contribution in [1.82, 2.24) is 10.2 Å². The van der Waals surface area contributed by atoms with Crippen LogP contribution in [0.1, 0.15) is 0 Å². The van der Waals surface area contributed by atoms with Crippen molar-refractivity contribution in [2.24, 2.45) is 0 Å². The molecule has 16 heavy (non-hydrogen) atoms. The normalized spacial score (nSPS) is 15.9. The number of hydrogen-bond donors (Lipinski definition) is 1. The van der Waals surface area contributed by atoms with Crippen LogP contribution in [-0.4, -0.2) is 37.2 Å². The first-order valence-electron chi connectivity index (χ1n) is 5.19. The fourth-order valence-corrected chi connectivity index (χ4v) is 1.54. The van der Waals surface area contributed by atoms with Crippen molar-refractivity contribution in [2.45, 2.75) is 0 Å². The highest BCUT2D eigenvalue weighted by atomic mass is 19.1. The van der Waals surface area contributed by atoms with Crippen LogP contribution in [0.3, 0.4) is 0 Å². The minimum atomic E-state index is -0.424. The van der Waals surface area contributed by atoms with E-state index in [2.05, 4.69) is 5.32 Å². The lowest BCUT2D eigenvalue weighted by Crippen LogP contribution is -2.47. The summed E-state index contributed by atoms with van der Waals surface area (Å²) >= 11 is 0. The smallest absolute Gasteiger partial charge is 0.410 e. The molecule has 86 valence electrons. The molecule has 4 nitrogen and oxygen atoms in total. The zero-order valence-corrected chi connectivity index (χ0v) is 8.78. The molecule has 0 aliphatic carbocycles. The third-order valence-corrected chi connectivity index (χ3v) is 2.38. The number of ether oxygens (including phenoxy) is 1. The first-order valence-corrected chi connectivity index (χ1v) is 5.19. The molecule has 0 spiro atoms. The van der Waals surface area contributed by atoms with E-state index in [4.69, 9.17) is 4.74 Å². The van der Waals surface area contributed by atoms with Crippen LogP contribution in [0.5, 0.6) is 5.75 Å². The first kappa shape index (κ1) is 10.9. The van der Waals surface area contributed by atoms with Gasteiger partial charge in [0.05, 0.1) is 0 Å². The molecule has 0 saturated carbocycles. The van der Waals surface area contributed by atoms with E-state index in [1.807, 2.05) is 0 Å². The molecule has 0 unspecified atom stereocenters. The quantitative estimate of drug-likeness (QED) is 0.780. The molecule has 1 amide bonds.